The first-order chi connectivity index (χ1) is 5.85. The fourth-order valence-corrected chi connectivity index (χ4v) is 0.811. The minimum absolute atomic E-state index is 0.754. The molecule has 0 aromatic heterocycles. The van der Waals surface area contributed by atoms with E-state index in [0.717, 1.165) is 19.4 Å². The fourth-order valence-electron chi connectivity index (χ4n) is 0.811. The normalized spacial score (nSPS) is 12.0. The minimum atomic E-state index is 0.754. The molecule has 68 valence electrons. The third-order valence-electron chi connectivity index (χ3n) is 1.53. The third kappa shape index (κ3) is 5.71. The van der Waals surface area contributed by atoms with Crippen molar-refractivity contribution < 1.29 is 0 Å². The summed E-state index contributed by atoms with van der Waals surface area (Å²) >= 11 is 0. The van der Waals surface area contributed by atoms with E-state index >= 15 is 0 Å². The van der Waals surface area contributed by atoms with Crippen molar-refractivity contribution in [1.82, 2.24) is 5.32 Å². The van der Waals surface area contributed by atoms with Crippen LogP contribution in [0.4, 0.5) is 0 Å². The predicted octanol–water partition coefficient (Wildman–Crippen LogP) is 2.15. The third-order valence-corrected chi connectivity index (χ3v) is 1.53. The summed E-state index contributed by atoms with van der Waals surface area (Å²) in [5.74, 6) is 0. The lowest BCUT2D eigenvalue weighted by molar-refractivity contribution is 0.898. The summed E-state index contributed by atoms with van der Waals surface area (Å²) in [5, 5.41) is 3.11. The van der Waals surface area contributed by atoms with E-state index in [-0.39, 0.29) is 0 Å². The van der Waals surface area contributed by atoms with Gasteiger partial charge in [0.05, 0.1) is 6.54 Å². The van der Waals surface area contributed by atoms with Crippen LogP contribution in [0.3, 0.4) is 0 Å². The molecule has 1 N–H and O–H groups in total. The second-order valence-electron chi connectivity index (χ2n) is 2.44. The molecule has 0 aliphatic rings. The molecular formula is C10H18N2. The Labute approximate surface area is 75.1 Å². The van der Waals surface area contributed by atoms with E-state index in [1.807, 2.05) is 26.3 Å². The van der Waals surface area contributed by atoms with Gasteiger partial charge in [-0.3, -0.25) is 4.99 Å². The standard InChI is InChI=1S/C10H18N2/c1-4-6-7-8-10(11-3)9-12-5-2/h4-5,8,11H,1,6-7,9H2,2-3H3/b10-8+,12-5+. The zero-order valence-corrected chi connectivity index (χ0v) is 8.01. The van der Waals surface area contributed by atoms with E-state index in [4.69, 9.17) is 0 Å². The molecule has 0 fully saturated rings. The van der Waals surface area contributed by atoms with Crippen LogP contribution < -0.4 is 5.32 Å². The van der Waals surface area contributed by atoms with Gasteiger partial charge in [0, 0.05) is 12.7 Å². The van der Waals surface area contributed by atoms with E-state index in [9.17, 15) is 0 Å². The van der Waals surface area contributed by atoms with Gasteiger partial charge in [-0.25, -0.2) is 0 Å². The van der Waals surface area contributed by atoms with E-state index in [2.05, 4.69) is 23.0 Å². The van der Waals surface area contributed by atoms with Gasteiger partial charge in [-0.05, 0) is 26.0 Å². The average Bonchev–Trinajstić information content (AvgIpc) is 2.11. The highest BCUT2D eigenvalue weighted by atomic mass is 14.9. The van der Waals surface area contributed by atoms with Crippen molar-refractivity contribution in [1.29, 1.82) is 0 Å². The Morgan fingerprint density at radius 1 is 1.50 bits per heavy atom. The molecule has 0 radical (unpaired) electrons. The van der Waals surface area contributed by atoms with Gasteiger partial charge in [0.15, 0.2) is 0 Å². The van der Waals surface area contributed by atoms with Crippen molar-refractivity contribution in [3.8, 4) is 0 Å². The van der Waals surface area contributed by atoms with E-state index in [1.54, 1.807) is 0 Å². The van der Waals surface area contributed by atoms with Crippen molar-refractivity contribution in [2.24, 2.45) is 4.99 Å². The predicted molar refractivity (Wildman–Crippen MR) is 55.6 cm³/mol. The van der Waals surface area contributed by atoms with E-state index < -0.39 is 0 Å². The zero-order valence-electron chi connectivity index (χ0n) is 8.01. The van der Waals surface area contributed by atoms with Gasteiger partial charge in [-0.15, -0.1) is 6.58 Å². The van der Waals surface area contributed by atoms with Gasteiger partial charge in [-0.1, -0.05) is 12.2 Å². The Balaban J connectivity index is 3.77. The largest absolute Gasteiger partial charge is 0.390 e. The molecule has 2 heteroatoms. The number of aliphatic imine (C=N–C) groups is 1. The number of hydrogen-bond donors (Lipinski definition) is 1. The maximum Gasteiger partial charge on any atom is 0.0778 e. The molecule has 12 heavy (non-hydrogen) atoms. The lowest BCUT2D eigenvalue weighted by atomic mass is 10.2. The lowest BCUT2D eigenvalue weighted by Gasteiger charge is -2.01. The van der Waals surface area contributed by atoms with Crippen LogP contribution in [0.15, 0.2) is 29.4 Å². The van der Waals surface area contributed by atoms with Gasteiger partial charge in [0.2, 0.25) is 0 Å². The van der Waals surface area contributed by atoms with Gasteiger partial charge in [0.25, 0.3) is 0 Å². The molecule has 0 aliphatic carbocycles. The molecule has 2 nitrogen and oxygen atoms in total. The molecule has 0 heterocycles. The summed E-state index contributed by atoms with van der Waals surface area (Å²) in [5.41, 5.74) is 1.18. The molecular weight excluding hydrogens is 148 g/mol. The van der Waals surface area contributed by atoms with Crippen LogP contribution in [0.2, 0.25) is 0 Å². The Kier molecular flexibility index (Phi) is 7.35. The molecule has 0 unspecified atom stereocenters. The molecule has 0 bridgehead atoms. The monoisotopic (exact) mass is 166 g/mol. The molecule has 0 saturated heterocycles. The summed E-state index contributed by atoms with van der Waals surface area (Å²) in [6.45, 7) is 6.35. The highest BCUT2D eigenvalue weighted by molar-refractivity contribution is 5.53. The number of rotatable bonds is 6. The Hall–Kier alpha value is -1.05. The first-order valence-electron chi connectivity index (χ1n) is 4.27. The van der Waals surface area contributed by atoms with Crippen LogP contribution in [0.5, 0.6) is 0 Å². The van der Waals surface area contributed by atoms with Crippen molar-refractivity contribution in [2.45, 2.75) is 19.8 Å². The van der Waals surface area contributed by atoms with Crippen LogP contribution in [-0.2, 0) is 0 Å². The molecule has 0 aromatic rings. The van der Waals surface area contributed by atoms with Crippen LogP contribution in [0.1, 0.15) is 19.8 Å². The summed E-state index contributed by atoms with van der Waals surface area (Å²) in [6, 6.07) is 0. The maximum atomic E-state index is 4.14. The molecule has 0 aliphatic heterocycles. The molecule has 0 spiro atoms. The van der Waals surface area contributed by atoms with Crippen molar-refractivity contribution in [3.05, 3.63) is 24.4 Å². The molecule has 0 aromatic carbocycles. The summed E-state index contributed by atoms with van der Waals surface area (Å²) < 4.78 is 0. The molecule has 0 atom stereocenters. The average molecular weight is 166 g/mol. The van der Waals surface area contributed by atoms with Crippen LogP contribution >= 0.6 is 0 Å². The number of unbranched alkanes of at least 4 members (excludes halogenated alkanes) is 1. The van der Waals surface area contributed by atoms with E-state index in [0.29, 0.717) is 0 Å². The smallest absolute Gasteiger partial charge is 0.0778 e. The molecule has 0 rings (SSSR count). The Morgan fingerprint density at radius 3 is 2.75 bits per heavy atom. The maximum absolute atomic E-state index is 4.14. The second kappa shape index (κ2) is 8.05. The number of likely N-dealkylation sites (N-methyl/N-ethyl adjacent to an activating group) is 1. The zero-order chi connectivity index (χ0) is 9.23. The number of allylic oxidation sites excluding steroid dienone is 2. The number of nitrogens with one attached hydrogen (secondary N) is 1. The highest BCUT2D eigenvalue weighted by Gasteiger charge is 1.88. The van der Waals surface area contributed by atoms with Crippen molar-refractivity contribution >= 4 is 6.21 Å². The van der Waals surface area contributed by atoms with Crippen LogP contribution in [0.25, 0.3) is 0 Å². The minimum Gasteiger partial charge on any atom is -0.390 e. The van der Waals surface area contributed by atoms with Gasteiger partial charge < -0.3 is 5.32 Å². The number of hydrogen-bond acceptors (Lipinski definition) is 2. The van der Waals surface area contributed by atoms with Crippen molar-refractivity contribution in [3.63, 3.8) is 0 Å². The SMILES string of the molecule is C=CCC/C=C(\C/N=C/C)NC. The first-order valence-corrected chi connectivity index (χ1v) is 4.27. The van der Waals surface area contributed by atoms with Gasteiger partial charge in [-0.2, -0.15) is 0 Å². The van der Waals surface area contributed by atoms with Crippen LogP contribution in [0, 0.1) is 0 Å². The quantitative estimate of drug-likeness (QED) is 0.365. The Morgan fingerprint density at radius 2 is 2.25 bits per heavy atom. The highest BCUT2D eigenvalue weighted by Crippen LogP contribution is 1.96. The topological polar surface area (TPSA) is 24.4 Å². The summed E-state index contributed by atoms with van der Waals surface area (Å²) in [4.78, 5) is 4.14. The summed E-state index contributed by atoms with van der Waals surface area (Å²) in [7, 11) is 1.92. The molecule has 0 saturated carbocycles. The van der Waals surface area contributed by atoms with E-state index in [1.165, 1.54) is 5.70 Å². The summed E-state index contributed by atoms with van der Waals surface area (Å²) in [6.07, 6.45) is 7.97. The van der Waals surface area contributed by atoms with Gasteiger partial charge >= 0.3 is 0 Å². The Bertz CT molecular complexity index is 169. The van der Waals surface area contributed by atoms with Gasteiger partial charge in [0.1, 0.15) is 0 Å². The number of nitrogens with zero attached hydrogens (tertiary/aromatic N) is 1. The lowest BCUT2D eigenvalue weighted by Crippen LogP contribution is -2.08. The molecule has 0 amide bonds. The first kappa shape index (κ1) is 11.0. The van der Waals surface area contributed by atoms with Crippen molar-refractivity contribution in [2.75, 3.05) is 13.6 Å². The second-order valence-corrected chi connectivity index (χ2v) is 2.44. The van der Waals surface area contributed by atoms with Crippen LogP contribution in [-0.4, -0.2) is 19.8 Å². The fraction of sp³-hybridized carbons (Fsp3) is 0.500.